The molecule has 4 nitrogen and oxygen atoms in total. The molecule has 3 aromatic rings. The third-order valence-electron chi connectivity index (χ3n) is 4.58. The van der Waals surface area contributed by atoms with Gasteiger partial charge in [0.25, 0.3) is 5.56 Å². The highest BCUT2D eigenvalue weighted by molar-refractivity contribution is 7.98. The van der Waals surface area contributed by atoms with Gasteiger partial charge in [0, 0.05) is 10.6 Å². The topological polar surface area (TPSA) is 69.5 Å². The molecule has 0 fully saturated rings. The van der Waals surface area contributed by atoms with Crippen LogP contribution in [0.3, 0.4) is 0 Å². The van der Waals surface area contributed by atoms with Gasteiger partial charge in [-0.25, -0.2) is 4.98 Å². The van der Waals surface area contributed by atoms with Crippen LogP contribution in [0.2, 0.25) is 0 Å². The maximum absolute atomic E-state index is 12.6. The molecule has 0 bridgehead atoms. The second kappa shape index (κ2) is 6.66. The molecule has 1 aliphatic rings. The number of hydrogen-bond acceptors (Lipinski definition) is 5. The second-order valence-electron chi connectivity index (χ2n) is 6.50. The molecule has 1 unspecified atom stereocenters. The highest BCUT2D eigenvalue weighted by atomic mass is 32.2. The van der Waals surface area contributed by atoms with Gasteiger partial charge >= 0.3 is 0 Å². The Morgan fingerprint density at radius 3 is 3.20 bits per heavy atom. The number of thiophene rings is 1. The smallest absolute Gasteiger partial charge is 0.260 e. The zero-order valence-electron chi connectivity index (χ0n) is 13.8. The number of fused-ring (bicyclic) bond motifs is 3. The van der Waals surface area contributed by atoms with Crippen molar-refractivity contribution in [3.8, 4) is 6.07 Å². The SMILES string of the molecule is CC1CCc2c(sc3nc(SCc4cccc(C#N)c4)[nH]c(=O)c23)C1. The molecule has 0 aliphatic heterocycles. The van der Waals surface area contributed by atoms with E-state index in [4.69, 9.17) is 5.26 Å². The van der Waals surface area contributed by atoms with Crippen LogP contribution in [-0.2, 0) is 18.6 Å². The number of H-pyrrole nitrogens is 1. The molecule has 2 aromatic heterocycles. The number of nitrogens with zero attached hydrogens (tertiary/aromatic N) is 2. The Balaban J connectivity index is 1.63. The van der Waals surface area contributed by atoms with Gasteiger partial charge in [-0.05, 0) is 48.4 Å². The molecule has 0 saturated heterocycles. The third kappa shape index (κ3) is 3.22. The summed E-state index contributed by atoms with van der Waals surface area (Å²) in [5, 5.41) is 10.4. The molecular weight excluding hydrogens is 350 g/mol. The summed E-state index contributed by atoms with van der Waals surface area (Å²) in [5.74, 6) is 1.35. The standard InChI is InChI=1S/C19H17N3OS2/c1-11-5-6-14-15(7-11)25-18-16(14)17(23)21-19(22-18)24-10-13-4-2-3-12(8-13)9-20/h2-4,8,11H,5-7,10H2,1H3,(H,21,22,23). The largest absolute Gasteiger partial charge is 0.301 e. The van der Waals surface area contributed by atoms with E-state index in [-0.39, 0.29) is 5.56 Å². The normalized spacial score (nSPS) is 16.6. The molecule has 0 spiro atoms. The maximum atomic E-state index is 12.6. The third-order valence-corrected chi connectivity index (χ3v) is 6.67. The van der Waals surface area contributed by atoms with E-state index in [1.165, 1.54) is 22.2 Å². The molecule has 1 atom stereocenters. The Morgan fingerprint density at radius 2 is 2.36 bits per heavy atom. The van der Waals surface area contributed by atoms with Gasteiger partial charge in [-0.15, -0.1) is 11.3 Å². The zero-order chi connectivity index (χ0) is 17.4. The molecule has 2 heterocycles. The first-order valence-electron chi connectivity index (χ1n) is 8.30. The minimum Gasteiger partial charge on any atom is -0.301 e. The van der Waals surface area contributed by atoms with Crippen molar-refractivity contribution in [1.29, 1.82) is 5.26 Å². The fourth-order valence-electron chi connectivity index (χ4n) is 3.28. The van der Waals surface area contributed by atoms with E-state index in [2.05, 4.69) is 23.0 Å². The van der Waals surface area contributed by atoms with Crippen molar-refractivity contribution in [2.75, 3.05) is 0 Å². The summed E-state index contributed by atoms with van der Waals surface area (Å²) >= 11 is 3.17. The van der Waals surface area contributed by atoms with Crippen molar-refractivity contribution < 1.29 is 0 Å². The summed E-state index contributed by atoms with van der Waals surface area (Å²) in [6.07, 6.45) is 3.18. The van der Waals surface area contributed by atoms with Crippen molar-refractivity contribution in [3.63, 3.8) is 0 Å². The van der Waals surface area contributed by atoms with E-state index in [9.17, 15) is 4.79 Å². The number of nitrogens with one attached hydrogen (secondary N) is 1. The zero-order valence-corrected chi connectivity index (χ0v) is 15.5. The average molecular weight is 367 g/mol. The van der Waals surface area contributed by atoms with E-state index < -0.39 is 0 Å². The van der Waals surface area contributed by atoms with E-state index in [1.54, 1.807) is 17.4 Å². The van der Waals surface area contributed by atoms with E-state index >= 15 is 0 Å². The maximum Gasteiger partial charge on any atom is 0.260 e. The summed E-state index contributed by atoms with van der Waals surface area (Å²) in [6, 6.07) is 9.67. The minimum atomic E-state index is -0.0228. The van der Waals surface area contributed by atoms with E-state index in [0.717, 1.165) is 35.0 Å². The number of aromatic amines is 1. The van der Waals surface area contributed by atoms with Crippen LogP contribution in [0.1, 0.15) is 34.9 Å². The van der Waals surface area contributed by atoms with Gasteiger partial charge in [0.05, 0.1) is 17.0 Å². The number of nitriles is 1. The molecule has 0 amide bonds. The predicted octanol–water partition coefficient (Wildman–Crippen LogP) is 4.27. The number of rotatable bonds is 3. The average Bonchev–Trinajstić information content (AvgIpc) is 2.97. The predicted molar refractivity (Wildman–Crippen MR) is 102 cm³/mol. The Hall–Kier alpha value is -2.10. The second-order valence-corrected chi connectivity index (χ2v) is 8.55. The Bertz CT molecular complexity index is 1040. The Labute approximate surface area is 153 Å². The highest BCUT2D eigenvalue weighted by Gasteiger charge is 2.23. The van der Waals surface area contributed by atoms with Crippen LogP contribution in [0.5, 0.6) is 0 Å². The van der Waals surface area contributed by atoms with Crippen LogP contribution < -0.4 is 5.56 Å². The number of aromatic nitrogens is 2. The molecule has 1 aromatic carbocycles. The van der Waals surface area contributed by atoms with Crippen LogP contribution in [-0.4, -0.2) is 9.97 Å². The van der Waals surface area contributed by atoms with Crippen LogP contribution in [0.25, 0.3) is 10.2 Å². The molecule has 1 N–H and O–H groups in total. The molecule has 126 valence electrons. The molecule has 25 heavy (non-hydrogen) atoms. The first kappa shape index (κ1) is 16.4. The molecule has 4 rings (SSSR count). The van der Waals surface area contributed by atoms with Crippen molar-refractivity contribution in [2.45, 2.75) is 37.1 Å². The van der Waals surface area contributed by atoms with Crippen molar-refractivity contribution in [1.82, 2.24) is 9.97 Å². The number of benzene rings is 1. The highest BCUT2D eigenvalue weighted by Crippen LogP contribution is 2.36. The summed E-state index contributed by atoms with van der Waals surface area (Å²) in [5.41, 5.74) is 2.89. The molecule has 0 radical (unpaired) electrons. The van der Waals surface area contributed by atoms with Gasteiger partial charge in [0.15, 0.2) is 5.16 Å². The van der Waals surface area contributed by atoms with Crippen LogP contribution in [0, 0.1) is 17.2 Å². The lowest BCUT2D eigenvalue weighted by Gasteiger charge is -2.17. The molecule has 0 saturated carbocycles. The Morgan fingerprint density at radius 1 is 1.48 bits per heavy atom. The lowest BCUT2D eigenvalue weighted by atomic mass is 9.89. The van der Waals surface area contributed by atoms with Crippen LogP contribution in [0.4, 0.5) is 0 Å². The molecule has 6 heteroatoms. The number of hydrogen-bond donors (Lipinski definition) is 1. The van der Waals surface area contributed by atoms with Crippen LogP contribution in [0.15, 0.2) is 34.2 Å². The van der Waals surface area contributed by atoms with Gasteiger partial charge in [-0.2, -0.15) is 5.26 Å². The monoisotopic (exact) mass is 367 g/mol. The Kier molecular flexibility index (Phi) is 4.36. The fourth-order valence-corrected chi connectivity index (χ4v) is 5.52. The van der Waals surface area contributed by atoms with Crippen LogP contribution >= 0.6 is 23.1 Å². The number of thioether (sulfide) groups is 1. The number of aryl methyl sites for hydroxylation is 1. The lowest BCUT2D eigenvalue weighted by Crippen LogP contribution is -2.13. The minimum absolute atomic E-state index is 0.0228. The quantitative estimate of drug-likeness (QED) is 0.554. The van der Waals surface area contributed by atoms with E-state index in [0.29, 0.717) is 22.4 Å². The van der Waals surface area contributed by atoms with Gasteiger partial charge in [-0.1, -0.05) is 30.8 Å². The summed E-state index contributed by atoms with van der Waals surface area (Å²) in [4.78, 5) is 22.4. The summed E-state index contributed by atoms with van der Waals surface area (Å²) in [6.45, 7) is 2.27. The van der Waals surface area contributed by atoms with Crippen molar-refractivity contribution >= 4 is 33.3 Å². The van der Waals surface area contributed by atoms with Gasteiger partial charge < -0.3 is 4.98 Å². The first-order chi connectivity index (χ1) is 12.1. The molecular formula is C19H17N3OS2. The molecule has 1 aliphatic carbocycles. The lowest BCUT2D eigenvalue weighted by molar-refractivity contribution is 0.509. The first-order valence-corrected chi connectivity index (χ1v) is 10.1. The van der Waals surface area contributed by atoms with E-state index in [1.807, 2.05) is 18.2 Å². The summed E-state index contributed by atoms with van der Waals surface area (Å²) < 4.78 is 0. The summed E-state index contributed by atoms with van der Waals surface area (Å²) in [7, 11) is 0. The van der Waals surface area contributed by atoms with Gasteiger partial charge in [0.2, 0.25) is 0 Å². The van der Waals surface area contributed by atoms with Crippen molar-refractivity contribution in [2.24, 2.45) is 5.92 Å². The van der Waals surface area contributed by atoms with Gasteiger partial charge in [-0.3, -0.25) is 4.79 Å². The van der Waals surface area contributed by atoms with Crippen molar-refractivity contribution in [3.05, 3.63) is 56.2 Å². The van der Waals surface area contributed by atoms with Gasteiger partial charge in [0.1, 0.15) is 4.83 Å². The fraction of sp³-hybridized carbons (Fsp3) is 0.316.